The molecule has 1 aliphatic carbocycles. The predicted octanol–water partition coefficient (Wildman–Crippen LogP) is -0.364. The van der Waals surface area contributed by atoms with Crippen molar-refractivity contribution in [1.82, 2.24) is 9.03 Å². The zero-order valence-corrected chi connectivity index (χ0v) is 9.62. The van der Waals surface area contributed by atoms with Gasteiger partial charge in [0, 0.05) is 20.1 Å². The molecule has 7 heteroatoms. The summed E-state index contributed by atoms with van der Waals surface area (Å²) in [6.07, 6.45) is 1.87. The van der Waals surface area contributed by atoms with Crippen LogP contribution in [-0.2, 0) is 15.0 Å². The standard InChI is InChI=1S/C8H16N2O4S/c1-10(2)15(13,14)9-7-5-3-4-6(7)8(11)12/h6-7,9H,3-5H2,1-2H3,(H,11,12). The van der Waals surface area contributed by atoms with Crippen molar-refractivity contribution in [3.05, 3.63) is 0 Å². The zero-order valence-electron chi connectivity index (χ0n) is 8.80. The molecule has 15 heavy (non-hydrogen) atoms. The Morgan fingerprint density at radius 2 is 2.00 bits per heavy atom. The number of carboxylic acid groups (broad SMARTS) is 1. The van der Waals surface area contributed by atoms with E-state index in [1.54, 1.807) is 0 Å². The number of hydrogen-bond acceptors (Lipinski definition) is 3. The van der Waals surface area contributed by atoms with E-state index >= 15 is 0 Å². The van der Waals surface area contributed by atoms with Gasteiger partial charge in [0.25, 0.3) is 10.2 Å². The van der Waals surface area contributed by atoms with E-state index in [0.29, 0.717) is 12.8 Å². The van der Waals surface area contributed by atoms with Crippen LogP contribution in [0.25, 0.3) is 0 Å². The molecule has 2 atom stereocenters. The van der Waals surface area contributed by atoms with Crippen LogP contribution in [0.2, 0.25) is 0 Å². The highest BCUT2D eigenvalue weighted by Gasteiger charge is 2.35. The fraction of sp³-hybridized carbons (Fsp3) is 0.875. The Balaban J connectivity index is 2.70. The summed E-state index contributed by atoms with van der Waals surface area (Å²) in [7, 11) is -0.708. The maximum Gasteiger partial charge on any atom is 0.308 e. The molecule has 0 saturated heterocycles. The number of rotatable bonds is 4. The molecule has 88 valence electrons. The van der Waals surface area contributed by atoms with Crippen LogP contribution in [-0.4, -0.2) is 43.9 Å². The zero-order chi connectivity index (χ0) is 11.6. The number of nitrogens with one attached hydrogen (secondary N) is 1. The molecule has 1 rings (SSSR count). The van der Waals surface area contributed by atoms with Gasteiger partial charge in [0.2, 0.25) is 0 Å². The third-order valence-corrected chi connectivity index (χ3v) is 4.18. The molecule has 0 aromatic rings. The van der Waals surface area contributed by atoms with Crippen molar-refractivity contribution < 1.29 is 18.3 Å². The second kappa shape index (κ2) is 4.46. The monoisotopic (exact) mass is 236 g/mol. The molecule has 0 amide bonds. The van der Waals surface area contributed by atoms with Crippen molar-refractivity contribution in [3.8, 4) is 0 Å². The SMILES string of the molecule is CN(C)S(=O)(=O)NC1CCCC1C(=O)O. The van der Waals surface area contributed by atoms with Crippen LogP contribution in [0.4, 0.5) is 0 Å². The van der Waals surface area contributed by atoms with Gasteiger partial charge in [0.1, 0.15) is 0 Å². The lowest BCUT2D eigenvalue weighted by Crippen LogP contribution is -2.45. The Morgan fingerprint density at radius 3 is 2.47 bits per heavy atom. The van der Waals surface area contributed by atoms with Gasteiger partial charge >= 0.3 is 5.97 Å². The summed E-state index contributed by atoms with van der Waals surface area (Å²) in [5, 5.41) is 8.87. The van der Waals surface area contributed by atoms with E-state index < -0.39 is 28.1 Å². The van der Waals surface area contributed by atoms with E-state index in [4.69, 9.17) is 5.11 Å². The summed E-state index contributed by atoms with van der Waals surface area (Å²) < 4.78 is 26.4. The van der Waals surface area contributed by atoms with Crippen molar-refractivity contribution in [2.24, 2.45) is 5.92 Å². The first-order valence-corrected chi connectivity index (χ1v) is 6.21. The molecule has 1 fully saturated rings. The van der Waals surface area contributed by atoms with Crippen LogP contribution in [0, 0.1) is 5.92 Å². The van der Waals surface area contributed by atoms with Crippen molar-refractivity contribution in [1.29, 1.82) is 0 Å². The Kier molecular flexibility index (Phi) is 3.69. The molecule has 1 saturated carbocycles. The van der Waals surface area contributed by atoms with Gasteiger partial charge in [-0.2, -0.15) is 17.4 Å². The van der Waals surface area contributed by atoms with E-state index in [0.717, 1.165) is 10.7 Å². The molecule has 6 nitrogen and oxygen atoms in total. The Morgan fingerprint density at radius 1 is 1.40 bits per heavy atom. The summed E-state index contributed by atoms with van der Waals surface area (Å²) in [6.45, 7) is 0. The summed E-state index contributed by atoms with van der Waals surface area (Å²) >= 11 is 0. The number of nitrogens with zero attached hydrogens (tertiary/aromatic N) is 1. The lowest BCUT2D eigenvalue weighted by Gasteiger charge is -2.20. The average molecular weight is 236 g/mol. The highest BCUT2D eigenvalue weighted by molar-refractivity contribution is 7.87. The number of carbonyl (C=O) groups is 1. The Bertz CT molecular complexity index is 339. The summed E-state index contributed by atoms with van der Waals surface area (Å²) in [5.41, 5.74) is 0. The molecule has 0 aliphatic heterocycles. The second-order valence-electron chi connectivity index (χ2n) is 3.89. The van der Waals surface area contributed by atoms with E-state index in [1.807, 2.05) is 0 Å². The quantitative estimate of drug-likeness (QED) is 0.697. The van der Waals surface area contributed by atoms with Gasteiger partial charge in [-0.15, -0.1) is 0 Å². The Hall–Kier alpha value is -0.660. The number of aliphatic carboxylic acids is 1. The minimum atomic E-state index is -3.53. The average Bonchev–Trinajstić information content (AvgIpc) is 2.51. The molecule has 0 aromatic carbocycles. The maximum atomic E-state index is 11.5. The van der Waals surface area contributed by atoms with Crippen molar-refractivity contribution in [2.75, 3.05) is 14.1 Å². The number of carboxylic acids is 1. The molecule has 0 aromatic heterocycles. The minimum Gasteiger partial charge on any atom is -0.481 e. The van der Waals surface area contributed by atoms with Crippen molar-refractivity contribution in [3.63, 3.8) is 0 Å². The van der Waals surface area contributed by atoms with Crippen LogP contribution < -0.4 is 4.72 Å². The highest BCUT2D eigenvalue weighted by atomic mass is 32.2. The lowest BCUT2D eigenvalue weighted by atomic mass is 10.1. The Labute approximate surface area is 89.4 Å². The predicted molar refractivity (Wildman–Crippen MR) is 54.5 cm³/mol. The largest absolute Gasteiger partial charge is 0.481 e. The summed E-state index contributed by atoms with van der Waals surface area (Å²) in [4.78, 5) is 10.8. The third kappa shape index (κ3) is 2.90. The normalized spacial score (nSPS) is 27.1. The van der Waals surface area contributed by atoms with Gasteiger partial charge < -0.3 is 5.11 Å². The second-order valence-corrected chi connectivity index (χ2v) is 5.80. The van der Waals surface area contributed by atoms with Crippen molar-refractivity contribution >= 4 is 16.2 Å². The van der Waals surface area contributed by atoms with Gasteiger partial charge in [-0.3, -0.25) is 4.79 Å². The van der Waals surface area contributed by atoms with E-state index in [2.05, 4.69) is 4.72 Å². The van der Waals surface area contributed by atoms with Crippen LogP contribution in [0.3, 0.4) is 0 Å². The molecule has 0 heterocycles. The minimum absolute atomic E-state index is 0.477. The molecule has 2 N–H and O–H groups in total. The van der Waals surface area contributed by atoms with Gasteiger partial charge in [-0.05, 0) is 12.8 Å². The first-order valence-electron chi connectivity index (χ1n) is 4.77. The lowest BCUT2D eigenvalue weighted by molar-refractivity contribution is -0.141. The topological polar surface area (TPSA) is 86.7 Å². The van der Waals surface area contributed by atoms with Crippen LogP contribution in [0.1, 0.15) is 19.3 Å². The van der Waals surface area contributed by atoms with Gasteiger partial charge in [0.15, 0.2) is 0 Å². The van der Waals surface area contributed by atoms with Gasteiger partial charge in [0.05, 0.1) is 5.92 Å². The van der Waals surface area contributed by atoms with Crippen LogP contribution in [0.5, 0.6) is 0 Å². The summed E-state index contributed by atoms with van der Waals surface area (Å²) in [5.74, 6) is -1.53. The fourth-order valence-corrected chi connectivity index (χ4v) is 2.57. The highest BCUT2D eigenvalue weighted by Crippen LogP contribution is 2.26. The van der Waals surface area contributed by atoms with Crippen LogP contribution >= 0.6 is 0 Å². The van der Waals surface area contributed by atoms with E-state index in [9.17, 15) is 13.2 Å². The summed E-state index contributed by atoms with van der Waals surface area (Å²) in [6, 6.07) is -0.477. The smallest absolute Gasteiger partial charge is 0.308 e. The molecule has 0 radical (unpaired) electrons. The molecule has 1 aliphatic rings. The van der Waals surface area contributed by atoms with E-state index in [1.165, 1.54) is 14.1 Å². The first kappa shape index (κ1) is 12.4. The van der Waals surface area contributed by atoms with Gasteiger partial charge in [-0.25, -0.2) is 0 Å². The molecule has 2 unspecified atom stereocenters. The van der Waals surface area contributed by atoms with Crippen molar-refractivity contribution in [2.45, 2.75) is 25.3 Å². The molecular weight excluding hydrogens is 220 g/mol. The molecular formula is C8H16N2O4S. The van der Waals surface area contributed by atoms with Crippen LogP contribution in [0.15, 0.2) is 0 Å². The van der Waals surface area contributed by atoms with E-state index in [-0.39, 0.29) is 0 Å². The fourth-order valence-electron chi connectivity index (χ4n) is 1.69. The molecule has 0 spiro atoms. The first-order chi connectivity index (χ1) is 6.84. The molecule has 0 bridgehead atoms. The van der Waals surface area contributed by atoms with Gasteiger partial charge in [-0.1, -0.05) is 6.42 Å². The maximum absolute atomic E-state index is 11.5. The third-order valence-electron chi connectivity index (χ3n) is 2.61. The number of hydrogen-bond donors (Lipinski definition) is 2.